The Morgan fingerprint density at radius 3 is 2.64 bits per heavy atom. The number of nitrogens with zero attached hydrogens (tertiary/aromatic N) is 2. The Labute approximate surface area is 159 Å². The molecule has 0 N–H and O–H groups in total. The summed E-state index contributed by atoms with van der Waals surface area (Å²) in [4.78, 5) is 28.5. The highest BCUT2D eigenvalue weighted by Crippen LogP contribution is 2.30. The molecule has 1 aromatic heterocycles. The van der Waals surface area contributed by atoms with E-state index in [-0.39, 0.29) is 17.6 Å². The average Bonchev–Trinajstić information content (AvgIpc) is 3.19. The topological polar surface area (TPSA) is 49.9 Å². The van der Waals surface area contributed by atoms with Crippen LogP contribution < -0.4 is 4.90 Å². The van der Waals surface area contributed by atoms with Crippen LogP contribution in [0.5, 0.6) is 0 Å². The minimum atomic E-state index is -0.481. The van der Waals surface area contributed by atoms with E-state index in [0.717, 1.165) is 4.88 Å². The standard InChI is InChI=1S/C17H13ClN2O3S2/c1-23-15(21)10-19-14(9-13-3-2-8-25-13)16(22)20(17(19)24)12-6-4-11(18)5-7-12/h2-9H,10H2,1H3/b14-9-. The molecular weight excluding hydrogens is 380 g/mol. The Morgan fingerprint density at radius 1 is 1.32 bits per heavy atom. The van der Waals surface area contributed by atoms with E-state index < -0.39 is 5.97 Å². The van der Waals surface area contributed by atoms with Gasteiger partial charge in [0.1, 0.15) is 12.2 Å². The predicted molar refractivity (Wildman–Crippen MR) is 103 cm³/mol. The van der Waals surface area contributed by atoms with Gasteiger partial charge in [-0.05, 0) is 54.0 Å². The van der Waals surface area contributed by atoms with E-state index >= 15 is 0 Å². The van der Waals surface area contributed by atoms with E-state index in [1.165, 1.54) is 28.2 Å². The molecule has 5 nitrogen and oxygen atoms in total. The van der Waals surface area contributed by atoms with Crippen LogP contribution in [0.4, 0.5) is 5.69 Å². The second-order valence-electron chi connectivity index (χ2n) is 5.11. The van der Waals surface area contributed by atoms with Crippen molar-refractivity contribution in [2.75, 3.05) is 18.6 Å². The summed E-state index contributed by atoms with van der Waals surface area (Å²) in [7, 11) is 1.29. The van der Waals surface area contributed by atoms with Gasteiger partial charge < -0.3 is 9.64 Å². The van der Waals surface area contributed by atoms with Crippen molar-refractivity contribution in [3.63, 3.8) is 0 Å². The largest absolute Gasteiger partial charge is 0.468 e. The van der Waals surface area contributed by atoms with Crippen LogP contribution in [0.15, 0.2) is 47.5 Å². The lowest BCUT2D eigenvalue weighted by molar-refractivity contribution is -0.140. The molecule has 1 aliphatic heterocycles. The molecule has 3 rings (SSSR count). The maximum Gasteiger partial charge on any atom is 0.325 e. The highest BCUT2D eigenvalue weighted by atomic mass is 35.5. The molecule has 1 fully saturated rings. The summed E-state index contributed by atoms with van der Waals surface area (Å²) >= 11 is 12.8. The summed E-state index contributed by atoms with van der Waals surface area (Å²) in [6, 6.07) is 10.5. The molecule has 0 saturated carbocycles. The van der Waals surface area contributed by atoms with E-state index in [4.69, 9.17) is 28.6 Å². The Hall–Kier alpha value is -2.22. The fraction of sp³-hybridized carbons (Fsp3) is 0.118. The number of amides is 1. The molecule has 0 bridgehead atoms. The van der Waals surface area contributed by atoms with Gasteiger partial charge in [0, 0.05) is 9.90 Å². The second kappa shape index (κ2) is 7.35. The molecule has 8 heteroatoms. The summed E-state index contributed by atoms with van der Waals surface area (Å²) in [6.07, 6.45) is 1.72. The number of carbonyl (C=O) groups excluding carboxylic acids is 2. The van der Waals surface area contributed by atoms with E-state index in [1.807, 2.05) is 17.5 Å². The van der Waals surface area contributed by atoms with Crippen molar-refractivity contribution in [2.24, 2.45) is 0 Å². The number of anilines is 1. The second-order valence-corrected chi connectivity index (χ2v) is 6.89. The molecule has 0 atom stereocenters. The van der Waals surface area contributed by atoms with Gasteiger partial charge in [0.25, 0.3) is 5.91 Å². The number of hydrogen-bond acceptors (Lipinski definition) is 5. The zero-order valence-corrected chi connectivity index (χ0v) is 15.5. The molecule has 2 aromatic rings. The third kappa shape index (κ3) is 3.58. The minimum Gasteiger partial charge on any atom is -0.468 e. The third-order valence-corrected chi connectivity index (χ3v) is 5.03. The van der Waals surface area contributed by atoms with E-state index in [1.54, 1.807) is 30.3 Å². The number of methoxy groups -OCH3 is 1. The number of thiocarbonyl (C=S) groups is 1. The highest BCUT2D eigenvalue weighted by Gasteiger charge is 2.40. The van der Waals surface area contributed by atoms with E-state index in [2.05, 4.69) is 0 Å². The number of hydrogen-bond donors (Lipinski definition) is 0. The number of carbonyl (C=O) groups is 2. The number of rotatable bonds is 4. The van der Waals surface area contributed by atoms with Gasteiger partial charge in [-0.3, -0.25) is 14.5 Å². The Balaban J connectivity index is 2.02. The van der Waals surface area contributed by atoms with Gasteiger partial charge in [-0.2, -0.15) is 0 Å². The van der Waals surface area contributed by atoms with Crippen molar-refractivity contribution in [3.05, 3.63) is 57.4 Å². The number of esters is 1. The fourth-order valence-corrected chi connectivity index (χ4v) is 3.48. The van der Waals surface area contributed by atoms with Crippen LogP contribution >= 0.6 is 35.2 Å². The SMILES string of the molecule is COC(=O)CN1C(=S)N(c2ccc(Cl)cc2)C(=O)/C1=C/c1cccs1. The van der Waals surface area contributed by atoms with Crippen LogP contribution in [0.2, 0.25) is 5.02 Å². The number of ether oxygens (including phenoxy) is 1. The zero-order valence-electron chi connectivity index (χ0n) is 13.1. The molecule has 1 aromatic carbocycles. The Kier molecular flexibility index (Phi) is 5.17. The molecule has 128 valence electrons. The summed E-state index contributed by atoms with van der Waals surface area (Å²) in [5.41, 5.74) is 0.914. The summed E-state index contributed by atoms with van der Waals surface area (Å²) in [5.74, 6) is -0.783. The molecule has 1 aliphatic rings. The fourth-order valence-electron chi connectivity index (χ4n) is 2.35. The van der Waals surface area contributed by atoms with E-state index in [9.17, 15) is 9.59 Å². The van der Waals surface area contributed by atoms with Gasteiger partial charge >= 0.3 is 5.97 Å². The monoisotopic (exact) mass is 392 g/mol. The maximum absolute atomic E-state index is 13.0. The van der Waals surface area contributed by atoms with Gasteiger partial charge in [-0.25, -0.2) is 0 Å². The Morgan fingerprint density at radius 2 is 2.04 bits per heavy atom. The molecule has 0 aliphatic carbocycles. The summed E-state index contributed by atoms with van der Waals surface area (Å²) in [6.45, 7) is -0.137. The molecule has 1 amide bonds. The van der Waals surface area contributed by atoms with Crippen LogP contribution in [0.1, 0.15) is 4.88 Å². The number of halogens is 1. The zero-order chi connectivity index (χ0) is 18.0. The van der Waals surface area contributed by atoms with Crippen LogP contribution in [-0.2, 0) is 14.3 Å². The lowest BCUT2D eigenvalue weighted by Gasteiger charge is -2.19. The molecule has 0 radical (unpaired) electrons. The normalized spacial score (nSPS) is 16.0. The average molecular weight is 393 g/mol. The van der Waals surface area contributed by atoms with Crippen LogP contribution in [-0.4, -0.2) is 35.5 Å². The highest BCUT2D eigenvalue weighted by molar-refractivity contribution is 7.80. The first-order valence-electron chi connectivity index (χ1n) is 7.25. The molecule has 2 heterocycles. The first-order chi connectivity index (χ1) is 12.0. The third-order valence-electron chi connectivity index (χ3n) is 3.56. The van der Waals surface area contributed by atoms with Crippen molar-refractivity contribution in [3.8, 4) is 0 Å². The van der Waals surface area contributed by atoms with Crippen molar-refractivity contribution in [2.45, 2.75) is 0 Å². The molecule has 0 unspecified atom stereocenters. The van der Waals surface area contributed by atoms with Gasteiger partial charge in [0.15, 0.2) is 5.11 Å². The molecular formula is C17H13ClN2O3S2. The Bertz CT molecular complexity index is 847. The van der Waals surface area contributed by atoms with Crippen molar-refractivity contribution in [1.82, 2.24) is 4.90 Å². The first-order valence-corrected chi connectivity index (χ1v) is 8.91. The first kappa shape index (κ1) is 17.6. The van der Waals surface area contributed by atoms with Crippen LogP contribution in [0.3, 0.4) is 0 Å². The maximum atomic E-state index is 13.0. The van der Waals surface area contributed by atoms with Gasteiger partial charge in [0.05, 0.1) is 12.8 Å². The summed E-state index contributed by atoms with van der Waals surface area (Å²) in [5, 5.41) is 2.69. The van der Waals surface area contributed by atoms with Gasteiger partial charge in [-0.15, -0.1) is 11.3 Å². The van der Waals surface area contributed by atoms with Crippen molar-refractivity contribution in [1.29, 1.82) is 0 Å². The summed E-state index contributed by atoms with van der Waals surface area (Å²) < 4.78 is 4.72. The molecule has 25 heavy (non-hydrogen) atoms. The van der Waals surface area contributed by atoms with Gasteiger partial charge in [-0.1, -0.05) is 17.7 Å². The van der Waals surface area contributed by atoms with Crippen molar-refractivity contribution < 1.29 is 14.3 Å². The quantitative estimate of drug-likeness (QED) is 0.452. The predicted octanol–water partition coefficient (Wildman–Crippen LogP) is 3.55. The van der Waals surface area contributed by atoms with E-state index in [0.29, 0.717) is 16.4 Å². The lowest BCUT2D eigenvalue weighted by Crippen LogP contribution is -2.35. The van der Waals surface area contributed by atoms with Crippen LogP contribution in [0, 0.1) is 0 Å². The number of thiophene rings is 1. The number of benzene rings is 1. The molecule has 0 spiro atoms. The lowest BCUT2D eigenvalue weighted by atomic mass is 10.2. The minimum absolute atomic E-state index is 0.137. The van der Waals surface area contributed by atoms with Crippen LogP contribution in [0.25, 0.3) is 6.08 Å². The van der Waals surface area contributed by atoms with Gasteiger partial charge in [0.2, 0.25) is 0 Å². The van der Waals surface area contributed by atoms with Crippen molar-refractivity contribution >= 4 is 63.9 Å². The molecule has 1 saturated heterocycles. The smallest absolute Gasteiger partial charge is 0.325 e.